The SMILES string of the molecule is Nc1nccn2c(C3CCC3)nc(-c3ccc4c(c3)N(O)C(c3ccccc3)C=C4)c12. The van der Waals surface area contributed by atoms with Crippen LogP contribution in [0.15, 0.2) is 67.0 Å². The van der Waals surface area contributed by atoms with E-state index in [9.17, 15) is 5.21 Å². The quantitative estimate of drug-likeness (QED) is 0.486. The van der Waals surface area contributed by atoms with Crippen LogP contribution in [-0.4, -0.2) is 19.6 Å². The van der Waals surface area contributed by atoms with Crippen LogP contribution in [0.25, 0.3) is 22.9 Å². The molecular weight excluding hydrogens is 386 g/mol. The van der Waals surface area contributed by atoms with E-state index in [0.29, 0.717) is 11.7 Å². The van der Waals surface area contributed by atoms with Gasteiger partial charge in [-0.15, -0.1) is 0 Å². The molecule has 3 heterocycles. The fourth-order valence-corrected chi connectivity index (χ4v) is 4.60. The van der Waals surface area contributed by atoms with Gasteiger partial charge in [-0.05, 0) is 30.0 Å². The van der Waals surface area contributed by atoms with Crippen LogP contribution in [0, 0.1) is 0 Å². The van der Waals surface area contributed by atoms with Gasteiger partial charge in [-0.1, -0.05) is 61.0 Å². The summed E-state index contributed by atoms with van der Waals surface area (Å²) in [5, 5.41) is 12.4. The topological polar surface area (TPSA) is 79.7 Å². The number of nitrogens with zero attached hydrogens (tertiary/aromatic N) is 4. The number of hydroxylamine groups is 1. The van der Waals surface area contributed by atoms with Gasteiger partial charge in [0, 0.05) is 23.9 Å². The Morgan fingerprint density at radius 3 is 2.68 bits per heavy atom. The van der Waals surface area contributed by atoms with E-state index in [4.69, 9.17) is 10.7 Å². The number of rotatable bonds is 3. The monoisotopic (exact) mass is 409 g/mol. The molecule has 154 valence electrons. The fourth-order valence-electron chi connectivity index (χ4n) is 4.60. The zero-order valence-corrected chi connectivity index (χ0v) is 17.0. The van der Waals surface area contributed by atoms with Crippen LogP contribution in [0.2, 0.25) is 0 Å². The molecule has 0 amide bonds. The number of hydrogen-bond donors (Lipinski definition) is 2. The molecule has 6 heteroatoms. The van der Waals surface area contributed by atoms with Crippen LogP contribution in [0.5, 0.6) is 0 Å². The first-order valence-electron chi connectivity index (χ1n) is 10.7. The number of fused-ring (bicyclic) bond motifs is 2. The summed E-state index contributed by atoms with van der Waals surface area (Å²) in [6.45, 7) is 0. The van der Waals surface area contributed by atoms with Crippen LogP contribution in [-0.2, 0) is 0 Å². The summed E-state index contributed by atoms with van der Waals surface area (Å²) >= 11 is 0. The molecule has 0 bridgehead atoms. The number of aromatic nitrogens is 3. The summed E-state index contributed by atoms with van der Waals surface area (Å²) in [6.07, 6.45) is 11.3. The van der Waals surface area contributed by atoms with Crippen molar-refractivity contribution in [2.24, 2.45) is 0 Å². The van der Waals surface area contributed by atoms with Gasteiger partial charge in [0.25, 0.3) is 0 Å². The predicted molar refractivity (Wildman–Crippen MR) is 122 cm³/mol. The molecule has 6 rings (SSSR count). The second-order valence-electron chi connectivity index (χ2n) is 8.31. The molecule has 0 radical (unpaired) electrons. The molecule has 1 aliphatic heterocycles. The molecule has 1 fully saturated rings. The third-order valence-corrected chi connectivity index (χ3v) is 6.49. The Labute approximate surface area is 180 Å². The van der Waals surface area contributed by atoms with Crippen molar-refractivity contribution in [2.75, 3.05) is 10.8 Å². The first-order chi connectivity index (χ1) is 15.2. The van der Waals surface area contributed by atoms with Gasteiger partial charge in [0.15, 0.2) is 0 Å². The van der Waals surface area contributed by atoms with Gasteiger partial charge >= 0.3 is 0 Å². The minimum Gasteiger partial charge on any atom is -0.382 e. The number of anilines is 2. The molecule has 1 aliphatic carbocycles. The summed E-state index contributed by atoms with van der Waals surface area (Å²) in [5.74, 6) is 1.97. The van der Waals surface area contributed by atoms with Crippen LogP contribution < -0.4 is 10.8 Å². The second-order valence-corrected chi connectivity index (χ2v) is 8.31. The predicted octanol–water partition coefficient (Wildman–Crippen LogP) is 5.21. The summed E-state index contributed by atoms with van der Waals surface area (Å²) < 4.78 is 2.09. The van der Waals surface area contributed by atoms with Crippen molar-refractivity contribution in [2.45, 2.75) is 31.2 Å². The van der Waals surface area contributed by atoms with E-state index in [1.54, 1.807) is 6.20 Å². The lowest BCUT2D eigenvalue weighted by atomic mass is 9.85. The summed E-state index contributed by atoms with van der Waals surface area (Å²) in [6, 6.07) is 15.8. The Balaban J connectivity index is 1.48. The first-order valence-corrected chi connectivity index (χ1v) is 10.7. The van der Waals surface area contributed by atoms with E-state index in [0.717, 1.165) is 52.3 Å². The van der Waals surface area contributed by atoms with Crippen molar-refractivity contribution in [1.82, 2.24) is 14.4 Å². The van der Waals surface area contributed by atoms with E-state index in [1.165, 1.54) is 11.5 Å². The maximum atomic E-state index is 11.1. The molecule has 4 aromatic rings. The van der Waals surface area contributed by atoms with Gasteiger partial charge in [-0.3, -0.25) is 9.61 Å². The second kappa shape index (κ2) is 6.96. The smallest absolute Gasteiger partial charge is 0.150 e. The Morgan fingerprint density at radius 2 is 1.90 bits per heavy atom. The Kier molecular flexibility index (Phi) is 4.07. The van der Waals surface area contributed by atoms with Gasteiger partial charge in [-0.25, -0.2) is 15.0 Å². The van der Waals surface area contributed by atoms with Crippen LogP contribution in [0.1, 0.15) is 48.2 Å². The van der Waals surface area contributed by atoms with Crippen molar-refractivity contribution >= 4 is 23.1 Å². The first kappa shape index (κ1) is 18.2. The lowest BCUT2D eigenvalue weighted by Crippen LogP contribution is -2.26. The molecule has 2 aromatic carbocycles. The highest BCUT2D eigenvalue weighted by atomic mass is 16.5. The lowest BCUT2D eigenvalue weighted by molar-refractivity contribution is 0.232. The summed E-state index contributed by atoms with van der Waals surface area (Å²) in [7, 11) is 0. The van der Waals surface area contributed by atoms with Gasteiger partial charge in [0.1, 0.15) is 22.9 Å². The molecule has 6 nitrogen and oxygen atoms in total. The molecule has 2 aromatic heterocycles. The van der Waals surface area contributed by atoms with Gasteiger partial charge in [0.2, 0.25) is 0 Å². The average molecular weight is 409 g/mol. The molecule has 1 unspecified atom stereocenters. The molecule has 0 spiro atoms. The van der Waals surface area contributed by atoms with Crippen molar-refractivity contribution in [3.63, 3.8) is 0 Å². The van der Waals surface area contributed by atoms with Crippen LogP contribution in [0.3, 0.4) is 0 Å². The number of nitrogens with two attached hydrogens (primary N) is 1. The normalized spacial score (nSPS) is 18.2. The van der Waals surface area contributed by atoms with Gasteiger partial charge < -0.3 is 5.73 Å². The highest BCUT2D eigenvalue weighted by Crippen LogP contribution is 2.41. The largest absolute Gasteiger partial charge is 0.382 e. The number of imidazole rings is 1. The highest BCUT2D eigenvalue weighted by Gasteiger charge is 2.28. The molecule has 2 aliphatic rings. The molecule has 0 saturated heterocycles. The van der Waals surface area contributed by atoms with Gasteiger partial charge in [-0.2, -0.15) is 0 Å². The third-order valence-electron chi connectivity index (χ3n) is 6.49. The van der Waals surface area contributed by atoms with E-state index in [2.05, 4.69) is 15.5 Å². The third kappa shape index (κ3) is 2.83. The lowest BCUT2D eigenvalue weighted by Gasteiger charge is -2.30. The number of benzene rings is 2. The zero-order chi connectivity index (χ0) is 20.9. The van der Waals surface area contributed by atoms with Crippen LogP contribution >= 0.6 is 0 Å². The molecule has 1 atom stereocenters. The summed E-state index contributed by atoms with van der Waals surface area (Å²) in [5.41, 5.74) is 11.6. The Morgan fingerprint density at radius 1 is 1.06 bits per heavy atom. The number of hydrogen-bond acceptors (Lipinski definition) is 5. The van der Waals surface area contributed by atoms with E-state index in [1.807, 2.05) is 60.8 Å². The molecule has 31 heavy (non-hydrogen) atoms. The standard InChI is InChI=1S/C25H23N5O/c26-24-23-22(28-25(18-7-4-8-18)29(23)14-13-27-24)19-10-9-17-11-12-20(30(31)21(17)15-19)16-5-2-1-3-6-16/h1-3,5-6,9-15,18,20,31H,4,7-8H2,(H2,26,27). The van der Waals surface area contributed by atoms with Crippen LogP contribution in [0.4, 0.5) is 11.5 Å². The summed E-state index contributed by atoms with van der Waals surface area (Å²) in [4.78, 5) is 9.33. The van der Waals surface area contributed by atoms with Crippen molar-refractivity contribution < 1.29 is 5.21 Å². The van der Waals surface area contributed by atoms with Gasteiger partial charge in [0.05, 0.1) is 11.7 Å². The van der Waals surface area contributed by atoms with E-state index >= 15 is 0 Å². The number of nitrogen functional groups attached to an aromatic ring is 1. The Bertz CT molecular complexity index is 1310. The average Bonchev–Trinajstić information content (AvgIpc) is 3.14. The maximum Gasteiger partial charge on any atom is 0.150 e. The minimum atomic E-state index is -0.236. The van der Waals surface area contributed by atoms with E-state index in [-0.39, 0.29) is 6.04 Å². The maximum absolute atomic E-state index is 11.1. The van der Waals surface area contributed by atoms with Crippen molar-refractivity contribution in [1.29, 1.82) is 0 Å². The van der Waals surface area contributed by atoms with E-state index < -0.39 is 0 Å². The van der Waals surface area contributed by atoms with Crippen molar-refractivity contribution in [3.8, 4) is 11.3 Å². The zero-order valence-electron chi connectivity index (χ0n) is 17.0. The highest BCUT2D eigenvalue weighted by molar-refractivity contribution is 5.88. The Hall–Kier alpha value is -3.64. The molecule has 3 N–H and O–H groups in total. The molecule has 1 saturated carbocycles. The van der Waals surface area contributed by atoms with Crippen molar-refractivity contribution in [3.05, 3.63) is 84.0 Å². The minimum absolute atomic E-state index is 0.236. The molecular formula is C25H23N5O. The fraction of sp³-hybridized carbons (Fsp3) is 0.200.